The molecule has 0 aromatic carbocycles. The standard InChI is InChI=1S/C11H18N4O3/c1-9(8-11(17)18)7-10(16)12-3-2-5-15-6-4-13-14-15/h4,6,9H,2-3,5,7-8H2,1H3,(H,12,16)(H,17,18). The van der Waals surface area contributed by atoms with Crippen LogP contribution in [0.1, 0.15) is 26.2 Å². The summed E-state index contributed by atoms with van der Waals surface area (Å²) in [6.45, 7) is 3.01. The molecule has 0 bridgehead atoms. The molecule has 0 spiro atoms. The second-order valence-corrected chi connectivity index (χ2v) is 4.28. The van der Waals surface area contributed by atoms with Crippen molar-refractivity contribution in [3.8, 4) is 0 Å². The van der Waals surface area contributed by atoms with Crippen LogP contribution in [-0.4, -0.2) is 38.5 Å². The minimum Gasteiger partial charge on any atom is -0.481 e. The summed E-state index contributed by atoms with van der Waals surface area (Å²) in [4.78, 5) is 21.9. The predicted octanol–water partition coefficient (Wildman–Crippen LogP) is 0.285. The van der Waals surface area contributed by atoms with Gasteiger partial charge in [-0.25, -0.2) is 0 Å². The van der Waals surface area contributed by atoms with E-state index in [-0.39, 0.29) is 24.7 Å². The predicted molar refractivity (Wildman–Crippen MR) is 63.7 cm³/mol. The van der Waals surface area contributed by atoms with Gasteiger partial charge in [0.25, 0.3) is 0 Å². The third-order valence-corrected chi connectivity index (χ3v) is 2.42. The number of aromatic nitrogens is 3. The molecule has 1 unspecified atom stereocenters. The van der Waals surface area contributed by atoms with Crippen LogP contribution in [0.4, 0.5) is 0 Å². The molecular weight excluding hydrogens is 236 g/mol. The van der Waals surface area contributed by atoms with Gasteiger partial charge in [0.1, 0.15) is 0 Å². The number of nitrogens with zero attached hydrogens (tertiary/aromatic N) is 3. The second kappa shape index (κ2) is 7.41. The van der Waals surface area contributed by atoms with Crippen molar-refractivity contribution in [1.29, 1.82) is 0 Å². The number of aryl methyl sites for hydroxylation is 1. The number of carboxylic acid groups (broad SMARTS) is 1. The highest BCUT2D eigenvalue weighted by molar-refractivity contribution is 5.77. The molecule has 2 N–H and O–H groups in total. The average Bonchev–Trinajstić information content (AvgIpc) is 2.75. The van der Waals surface area contributed by atoms with E-state index in [1.54, 1.807) is 24.0 Å². The summed E-state index contributed by atoms with van der Waals surface area (Å²) in [5.74, 6) is -1.12. The first-order valence-corrected chi connectivity index (χ1v) is 5.90. The maximum atomic E-state index is 11.5. The molecular formula is C11H18N4O3. The number of rotatable bonds is 8. The topological polar surface area (TPSA) is 97.1 Å². The minimum absolute atomic E-state index is 0.0202. The molecule has 1 heterocycles. The van der Waals surface area contributed by atoms with E-state index in [1.807, 2.05) is 0 Å². The molecule has 0 aliphatic carbocycles. The lowest BCUT2D eigenvalue weighted by Gasteiger charge is -2.09. The van der Waals surface area contributed by atoms with Crippen LogP contribution < -0.4 is 5.32 Å². The van der Waals surface area contributed by atoms with Crippen molar-refractivity contribution in [2.75, 3.05) is 6.54 Å². The van der Waals surface area contributed by atoms with Crippen molar-refractivity contribution in [3.63, 3.8) is 0 Å². The molecule has 0 radical (unpaired) electrons. The molecule has 7 nitrogen and oxygen atoms in total. The van der Waals surface area contributed by atoms with Crippen LogP contribution in [0.3, 0.4) is 0 Å². The molecule has 0 fully saturated rings. The molecule has 0 saturated heterocycles. The van der Waals surface area contributed by atoms with Crippen LogP contribution in [0.25, 0.3) is 0 Å². The molecule has 1 rings (SSSR count). The minimum atomic E-state index is -0.874. The summed E-state index contributed by atoms with van der Waals surface area (Å²) >= 11 is 0. The summed E-state index contributed by atoms with van der Waals surface area (Å²) in [7, 11) is 0. The van der Waals surface area contributed by atoms with Crippen LogP contribution >= 0.6 is 0 Å². The van der Waals surface area contributed by atoms with Crippen LogP contribution in [0.5, 0.6) is 0 Å². The van der Waals surface area contributed by atoms with Gasteiger partial charge in [0.05, 0.1) is 6.20 Å². The smallest absolute Gasteiger partial charge is 0.303 e. The third kappa shape index (κ3) is 5.97. The van der Waals surface area contributed by atoms with Gasteiger partial charge in [0.2, 0.25) is 5.91 Å². The van der Waals surface area contributed by atoms with Crippen LogP contribution in [0, 0.1) is 5.92 Å². The third-order valence-electron chi connectivity index (χ3n) is 2.42. The number of carbonyl (C=O) groups excluding carboxylic acids is 1. The van der Waals surface area contributed by atoms with E-state index in [0.717, 1.165) is 6.42 Å². The summed E-state index contributed by atoms with van der Waals surface area (Å²) in [6, 6.07) is 0. The Morgan fingerprint density at radius 2 is 2.22 bits per heavy atom. The maximum absolute atomic E-state index is 11.5. The van der Waals surface area contributed by atoms with E-state index >= 15 is 0 Å². The van der Waals surface area contributed by atoms with E-state index in [0.29, 0.717) is 13.1 Å². The van der Waals surface area contributed by atoms with Gasteiger partial charge >= 0.3 is 5.97 Å². The van der Waals surface area contributed by atoms with Crippen molar-refractivity contribution in [2.45, 2.75) is 32.7 Å². The Kier molecular flexibility index (Phi) is 5.83. The molecule has 1 aromatic rings. The highest BCUT2D eigenvalue weighted by Crippen LogP contribution is 2.06. The fourth-order valence-electron chi connectivity index (χ4n) is 1.58. The first kappa shape index (κ1) is 14.1. The normalized spacial score (nSPS) is 12.1. The lowest BCUT2D eigenvalue weighted by atomic mass is 10.0. The highest BCUT2D eigenvalue weighted by Gasteiger charge is 2.11. The Labute approximate surface area is 105 Å². The Bertz CT molecular complexity index is 378. The summed E-state index contributed by atoms with van der Waals surface area (Å²) in [6.07, 6.45) is 4.40. The first-order valence-electron chi connectivity index (χ1n) is 5.90. The Morgan fingerprint density at radius 1 is 1.44 bits per heavy atom. The molecule has 0 aliphatic heterocycles. The highest BCUT2D eigenvalue weighted by atomic mass is 16.4. The lowest BCUT2D eigenvalue weighted by Crippen LogP contribution is -2.27. The molecule has 1 aromatic heterocycles. The number of carboxylic acids is 1. The van der Waals surface area contributed by atoms with Crippen molar-refractivity contribution < 1.29 is 14.7 Å². The zero-order valence-corrected chi connectivity index (χ0v) is 10.4. The van der Waals surface area contributed by atoms with E-state index in [1.165, 1.54) is 0 Å². The monoisotopic (exact) mass is 254 g/mol. The van der Waals surface area contributed by atoms with Gasteiger partial charge in [-0.3, -0.25) is 14.3 Å². The fourth-order valence-corrected chi connectivity index (χ4v) is 1.58. The number of hydrogen-bond donors (Lipinski definition) is 2. The number of hydrogen-bond acceptors (Lipinski definition) is 4. The van der Waals surface area contributed by atoms with Gasteiger partial charge in [-0.1, -0.05) is 12.1 Å². The number of amides is 1. The molecule has 1 atom stereocenters. The largest absolute Gasteiger partial charge is 0.481 e. The zero-order valence-electron chi connectivity index (χ0n) is 10.4. The quantitative estimate of drug-likeness (QED) is 0.650. The van der Waals surface area contributed by atoms with E-state index in [2.05, 4.69) is 15.6 Å². The average molecular weight is 254 g/mol. The van der Waals surface area contributed by atoms with E-state index in [9.17, 15) is 9.59 Å². The Balaban J connectivity index is 2.08. The van der Waals surface area contributed by atoms with Crippen LogP contribution in [0.2, 0.25) is 0 Å². The molecule has 0 aliphatic rings. The van der Waals surface area contributed by atoms with Gasteiger partial charge in [-0.2, -0.15) is 0 Å². The van der Waals surface area contributed by atoms with Crippen LogP contribution in [-0.2, 0) is 16.1 Å². The Hall–Kier alpha value is -1.92. The number of nitrogens with one attached hydrogen (secondary N) is 1. The number of carbonyl (C=O) groups is 2. The lowest BCUT2D eigenvalue weighted by molar-refractivity contribution is -0.138. The number of aliphatic carboxylic acids is 1. The van der Waals surface area contributed by atoms with Gasteiger partial charge in [-0.15, -0.1) is 5.10 Å². The fraction of sp³-hybridized carbons (Fsp3) is 0.636. The SMILES string of the molecule is CC(CC(=O)O)CC(=O)NCCCn1ccnn1. The summed E-state index contributed by atoms with van der Waals surface area (Å²) in [5, 5.41) is 18.8. The maximum Gasteiger partial charge on any atom is 0.303 e. The molecule has 18 heavy (non-hydrogen) atoms. The molecule has 100 valence electrons. The summed E-state index contributed by atoms with van der Waals surface area (Å²) in [5.41, 5.74) is 0. The molecule has 0 saturated carbocycles. The van der Waals surface area contributed by atoms with Gasteiger partial charge in [-0.05, 0) is 12.3 Å². The van der Waals surface area contributed by atoms with Gasteiger partial charge in [0.15, 0.2) is 0 Å². The van der Waals surface area contributed by atoms with Gasteiger partial charge < -0.3 is 10.4 Å². The zero-order chi connectivity index (χ0) is 13.4. The van der Waals surface area contributed by atoms with Gasteiger partial charge in [0, 0.05) is 32.1 Å². The van der Waals surface area contributed by atoms with E-state index in [4.69, 9.17) is 5.11 Å². The van der Waals surface area contributed by atoms with E-state index < -0.39 is 5.97 Å². The molecule has 7 heteroatoms. The molecule has 1 amide bonds. The second-order valence-electron chi connectivity index (χ2n) is 4.28. The first-order chi connectivity index (χ1) is 8.58. The van der Waals surface area contributed by atoms with Crippen molar-refractivity contribution in [3.05, 3.63) is 12.4 Å². The Morgan fingerprint density at radius 3 is 2.83 bits per heavy atom. The van der Waals surface area contributed by atoms with Crippen molar-refractivity contribution in [1.82, 2.24) is 20.3 Å². The van der Waals surface area contributed by atoms with Crippen molar-refractivity contribution >= 4 is 11.9 Å². The van der Waals surface area contributed by atoms with Crippen LogP contribution in [0.15, 0.2) is 12.4 Å². The summed E-state index contributed by atoms with van der Waals surface area (Å²) < 4.78 is 1.69. The van der Waals surface area contributed by atoms with Crippen molar-refractivity contribution in [2.24, 2.45) is 5.92 Å².